The standard InChI is InChI=1S/C17H23N3O/c1-4-7-14(6-3)20(10-5-2)16-13(12-21)11-19-17-15(16)8-9-18-17/h5,8-12,14H,4,6-7H2,1-3H3,(H,18,19)/b10-5-. The lowest BCUT2D eigenvalue weighted by Gasteiger charge is -2.31. The Bertz CT molecular complexity index is 630. The zero-order valence-corrected chi connectivity index (χ0v) is 13.0. The zero-order chi connectivity index (χ0) is 15.2. The van der Waals surface area contributed by atoms with E-state index in [1.807, 2.05) is 25.3 Å². The van der Waals surface area contributed by atoms with Crippen LogP contribution >= 0.6 is 0 Å². The third-order valence-corrected chi connectivity index (χ3v) is 3.77. The van der Waals surface area contributed by atoms with Gasteiger partial charge in [0.2, 0.25) is 0 Å². The van der Waals surface area contributed by atoms with Gasteiger partial charge in [-0.25, -0.2) is 4.98 Å². The second-order valence-electron chi connectivity index (χ2n) is 5.16. The van der Waals surface area contributed by atoms with E-state index in [2.05, 4.69) is 34.9 Å². The molecule has 0 aliphatic heterocycles. The number of anilines is 1. The third-order valence-electron chi connectivity index (χ3n) is 3.77. The molecule has 2 rings (SSSR count). The van der Waals surface area contributed by atoms with Crippen LogP contribution in [0.1, 0.15) is 50.4 Å². The van der Waals surface area contributed by atoms with Crippen molar-refractivity contribution in [1.82, 2.24) is 9.97 Å². The number of hydrogen-bond donors (Lipinski definition) is 1. The minimum Gasteiger partial charge on any atom is -0.346 e. The fraction of sp³-hybridized carbons (Fsp3) is 0.412. The van der Waals surface area contributed by atoms with Crippen LogP contribution in [0.5, 0.6) is 0 Å². The van der Waals surface area contributed by atoms with Crippen molar-refractivity contribution in [3.05, 3.63) is 36.3 Å². The fourth-order valence-corrected chi connectivity index (χ4v) is 2.80. The molecule has 0 saturated carbocycles. The molecule has 0 spiro atoms. The van der Waals surface area contributed by atoms with Gasteiger partial charge in [0.05, 0.1) is 11.3 Å². The van der Waals surface area contributed by atoms with Gasteiger partial charge in [-0.1, -0.05) is 26.3 Å². The highest BCUT2D eigenvalue weighted by Gasteiger charge is 2.20. The quantitative estimate of drug-likeness (QED) is 0.772. The third kappa shape index (κ3) is 2.99. The van der Waals surface area contributed by atoms with Crippen molar-refractivity contribution < 1.29 is 4.79 Å². The van der Waals surface area contributed by atoms with E-state index in [0.29, 0.717) is 11.6 Å². The Morgan fingerprint density at radius 1 is 1.43 bits per heavy atom. The van der Waals surface area contributed by atoms with E-state index in [9.17, 15) is 4.79 Å². The molecule has 0 saturated heterocycles. The maximum atomic E-state index is 11.5. The second kappa shape index (κ2) is 7.07. The number of H-pyrrole nitrogens is 1. The minimum atomic E-state index is 0.380. The van der Waals surface area contributed by atoms with E-state index in [-0.39, 0.29) is 0 Å². The number of aromatic amines is 1. The van der Waals surface area contributed by atoms with E-state index >= 15 is 0 Å². The molecule has 21 heavy (non-hydrogen) atoms. The van der Waals surface area contributed by atoms with Gasteiger partial charge in [-0.3, -0.25) is 4.79 Å². The van der Waals surface area contributed by atoms with E-state index in [4.69, 9.17) is 0 Å². The molecule has 112 valence electrons. The summed E-state index contributed by atoms with van der Waals surface area (Å²) in [5.74, 6) is 0. The molecule has 0 aliphatic carbocycles. The molecule has 0 radical (unpaired) electrons. The highest BCUT2D eigenvalue weighted by molar-refractivity contribution is 6.00. The van der Waals surface area contributed by atoms with Gasteiger partial charge in [0.1, 0.15) is 5.65 Å². The number of aromatic nitrogens is 2. The Labute approximate surface area is 125 Å². The number of nitrogens with zero attached hydrogens (tertiary/aromatic N) is 2. The van der Waals surface area contributed by atoms with Gasteiger partial charge in [0, 0.05) is 30.0 Å². The molecule has 1 N–H and O–H groups in total. The molecule has 4 nitrogen and oxygen atoms in total. The average Bonchev–Trinajstić information content (AvgIpc) is 2.98. The summed E-state index contributed by atoms with van der Waals surface area (Å²) >= 11 is 0. The number of carbonyl (C=O) groups is 1. The van der Waals surface area contributed by atoms with Gasteiger partial charge >= 0.3 is 0 Å². The van der Waals surface area contributed by atoms with Crippen molar-refractivity contribution in [3.63, 3.8) is 0 Å². The predicted molar refractivity (Wildman–Crippen MR) is 87.8 cm³/mol. The summed E-state index contributed by atoms with van der Waals surface area (Å²) in [6.45, 7) is 6.38. The van der Waals surface area contributed by atoms with Gasteiger partial charge < -0.3 is 9.88 Å². The molecule has 0 fully saturated rings. The first-order chi connectivity index (χ1) is 10.3. The molecular formula is C17H23N3O. The van der Waals surface area contributed by atoms with Gasteiger partial charge in [-0.15, -0.1) is 0 Å². The Morgan fingerprint density at radius 2 is 2.24 bits per heavy atom. The zero-order valence-electron chi connectivity index (χ0n) is 13.0. The van der Waals surface area contributed by atoms with Crippen LogP contribution in [0.25, 0.3) is 11.0 Å². The largest absolute Gasteiger partial charge is 0.346 e. The molecule has 0 bridgehead atoms. The molecule has 2 heterocycles. The van der Waals surface area contributed by atoms with E-state index < -0.39 is 0 Å². The smallest absolute Gasteiger partial charge is 0.153 e. The second-order valence-corrected chi connectivity index (χ2v) is 5.16. The van der Waals surface area contributed by atoms with Crippen LogP contribution in [0, 0.1) is 0 Å². The highest BCUT2D eigenvalue weighted by Crippen LogP contribution is 2.32. The van der Waals surface area contributed by atoms with Crippen LogP contribution in [0.2, 0.25) is 0 Å². The molecule has 2 aromatic heterocycles. The normalized spacial score (nSPS) is 12.9. The number of rotatable bonds is 7. The first-order valence-electron chi connectivity index (χ1n) is 7.59. The highest BCUT2D eigenvalue weighted by atomic mass is 16.1. The Morgan fingerprint density at radius 3 is 2.86 bits per heavy atom. The molecular weight excluding hydrogens is 262 g/mol. The van der Waals surface area contributed by atoms with E-state index in [1.54, 1.807) is 6.20 Å². The topological polar surface area (TPSA) is 49.0 Å². The van der Waals surface area contributed by atoms with E-state index in [0.717, 1.165) is 42.3 Å². The molecule has 0 aromatic carbocycles. The average molecular weight is 285 g/mol. The maximum absolute atomic E-state index is 11.5. The van der Waals surface area contributed by atoms with Gasteiger partial charge in [0.25, 0.3) is 0 Å². The number of hydrogen-bond acceptors (Lipinski definition) is 3. The molecule has 4 heteroatoms. The van der Waals surface area contributed by atoms with Crippen LogP contribution < -0.4 is 4.90 Å². The lowest BCUT2D eigenvalue weighted by molar-refractivity contribution is 0.112. The minimum absolute atomic E-state index is 0.380. The SMILES string of the molecule is C/C=C\N(c1c(C=O)cnc2[nH]ccc12)C(CC)CCC. The predicted octanol–water partition coefficient (Wildman–Crippen LogP) is 4.29. The number of allylic oxidation sites excluding steroid dienone is 1. The van der Waals surface area contributed by atoms with Crippen molar-refractivity contribution >= 4 is 23.0 Å². The summed E-state index contributed by atoms with van der Waals surface area (Å²) in [6.07, 6.45) is 11.7. The molecule has 1 unspecified atom stereocenters. The lowest BCUT2D eigenvalue weighted by atomic mass is 10.0. The van der Waals surface area contributed by atoms with Gasteiger partial charge in [-0.2, -0.15) is 0 Å². The fourth-order valence-electron chi connectivity index (χ4n) is 2.80. The molecule has 1 atom stereocenters. The number of fused-ring (bicyclic) bond motifs is 1. The summed E-state index contributed by atoms with van der Waals surface area (Å²) in [6, 6.07) is 2.37. The molecule has 2 aromatic rings. The van der Waals surface area contributed by atoms with Crippen LogP contribution in [-0.4, -0.2) is 22.3 Å². The van der Waals surface area contributed by atoms with E-state index in [1.165, 1.54) is 0 Å². The van der Waals surface area contributed by atoms with Crippen molar-refractivity contribution in [2.75, 3.05) is 4.90 Å². The monoisotopic (exact) mass is 285 g/mol. The summed E-state index contributed by atoms with van der Waals surface area (Å²) in [4.78, 5) is 21.1. The van der Waals surface area contributed by atoms with Gasteiger partial charge in [-0.05, 0) is 25.8 Å². The first kappa shape index (κ1) is 15.3. The lowest BCUT2D eigenvalue weighted by Crippen LogP contribution is -2.31. The number of carbonyl (C=O) groups excluding carboxylic acids is 1. The number of aldehydes is 1. The summed E-state index contributed by atoms with van der Waals surface area (Å²) < 4.78 is 0. The number of nitrogens with one attached hydrogen (secondary N) is 1. The van der Waals surface area contributed by atoms with Crippen molar-refractivity contribution in [2.24, 2.45) is 0 Å². The first-order valence-corrected chi connectivity index (χ1v) is 7.59. The van der Waals surface area contributed by atoms with Crippen LogP contribution in [0.4, 0.5) is 5.69 Å². The summed E-state index contributed by atoms with van der Waals surface area (Å²) in [5.41, 5.74) is 2.40. The van der Waals surface area contributed by atoms with Crippen LogP contribution in [-0.2, 0) is 0 Å². The molecule has 0 aliphatic rings. The Balaban J connectivity index is 2.62. The van der Waals surface area contributed by atoms with Crippen molar-refractivity contribution in [2.45, 2.75) is 46.1 Å². The maximum Gasteiger partial charge on any atom is 0.153 e. The molecule has 0 amide bonds. The number of pyridine rings is 1. The van der Waals surface area contributed by atoms with Crippen molar-refractivity contribution in [3.8, 4) is 0 Å². The Hall–Kier alpha value is -2.10. The Kier molecular flexibility index (Phi) is 5.14. The van der Waals surface area contributed by atoms with Crippen LogP contribution in [0.15, 0.2) is 30.7 Å². The van der Waals surface area contributed by atoms with Crippen molar-refractivity contribution in [1.29, 1.82) is 0 Å². The van der Waals surface area contributed by atoms with Gasteiger partial charge in [0.15, 0.2) is 6.29 Å². The summed E-state index contributed by atoms with van der Waals surface area (Å²) in [7, 11) is 0. The summed E-state index contributed by atoms with van der Waals surface area (Å²) in [5, 5.41) is 0.993. The van der Waals surface area contributed by atoms with Crippen LogP contribution in [0.3, 0.4) is 0 Å².